The van der Waals surface area contributed by atoms with Gasteiger partial charge in [-0.3, -0.25) is 4.40 Å². The predicted molar refractivity (Wildman–Crippen MR) is 160 cm³/mol. The summed E-state index contributed by atoms with van der Waals surface area (Å²) in [6.07, 6.45) is 5.33. The molecule has 1 fully saturated rings. The van der Waals surface area contributed by atoms with Gasteiger partial charge in [-0.05, 0) is 60.0 Å². The number of nitrogens with two attached hydrogens (primary N) is 1. The van der Waals surface area contributed by atoms with Gasteiger partial charge in [0.2, 0.25) is 0 Å². The van der Waals surface area contributed by atoms with E-state index in [2.05, 4.69) is 106 Å². The summed E-state index contributed by atoms with van der Waals surface area (Å²) in [6, 6.07) is 34.0. The standard InChI is InChI=1S/C33H25N5S/c34-33(16-6-17-33)24-13-11-22(12-14-24)30-25(21-7-2-1-3-8-21)20-26-27(35-30)15-18-38-31(26)36-37-32(38)29-19-23-9-4-5-10-28(23)39-29/h1-5,7-15,18-20H,6,16-17,34H2. The van der Waals surface area contributed by atoms with Gasteiger partial charge in [0, 0.05) is 32.9 Å². The summed E-state index contributed by atoms with van der Waals surface area (Å²) in [5.41, 5.74) is 13.5. The third-order valence-electron chi connectivity index (χ3n) is 8.08. The summed E-state index contributed by atoms with van der Waals surface area (Å²) in [5.74, 6) is 0.848. The van der Waals surface area contributed by atoms with Crippen molar-refractivity contribution in [3.63, 3.8) is 0 Å². The minimum atomic E-state index is -0.178. The molecule has 0 bridgehead atoms. The zero-order valence-corrected chi connectivity index (χ0v) is 22.0. The Bertz CT molecular complexity index is 1970. The Kier molecular flexibility index (Phi) is 4.96. The topological polar surface area (TPSA) is 69.1 Å². The molecule has 39 heavy (non-hydrogen) atoms. The van der Waals surface area contributed by atoms with Crippen LogP contribution in [0.5, 0.6) is 0 Å². The fraction of sp³-hybridized carbons (Fsp3) is 0.121. The lowest BCUT2D eigenvalue weighted by Crippen LogP contribution is -2.43. The zero-order valence-electron chi connectivity index (χ0n) is 21.2. The molecular formula is C33H25N5S. The van der Waals surface area contributed by atoms with Crippen LogP contribution in [-0.2, 0) is 5.54 Å². The largest absolute Gasteiger partial charge is 0.321 e. The smallest absolute Gasteiger partial charge is 0.178 e. The number of rotatable bonds is 4. The first-order valence-corrected chi connectivity index (χ1v) is 14.1. The van der Waals surface area contributed by atoms with Crippen LogP contribution in [-0.4, -0.2) is 19.6 Å². The van der Waals surface area contributed by atoms with Gasteiger partial charge >= 0.3 is 0 Å². The number of hydrogen-bond acceptors (Lipinski definition) is 5. The van der Waals surface area contributed by atoms with Crippen LogP contribution in [0.2, 0.25) is 0 Å². The zero-order chi connectivity index (χ0) is 26.0. The second-order valence-corrected chi connectivity index (χ2v) is 11.5. The van der Waals surface area contributed by atoms with Crippen molar-refractivity contribution in [3.8, 4) is 33.1 Å². The van der Waals surface area contributed by atoms with E-state index in [1.165, 1.54) is 22.1 Å². The lowest BCUT2D eigenvalue weighted by Gasteiger charge is -2.38. The van der Waals surface area contributed by atoms with E-state index in [4.69, 9.17) is 10.7 Å². The van der Waals surface area contributed by atoms with Crippen molar-refractivity contribution in [1.82, 2.24) is 19.6 Å². The fourth-order valence-corrected chi connectivity index (χ4v) is 6.76. The molecule has 7 aromatic rings. The first-order valence-electron chi connectivity index (χ1n) is 13.3. The van der Waals surface area contributed by atoms with Crippen molar-refractivity contribution in [3.05, 3.63) is 109 Å². The van der Waals surface area contributed by atoms with Gasteiger partial charge in [0.15, 0.2) is 11.5 Å². The van der Waals surface area contributed by atoms with E-state index >= 15 is 0 Å². The highest BCUT2D eigenvalue weighted by molar-refractivity contribution is 7.22. The van der Waals surface area contributed by atoms with Gasteiger partial charge in [0.1, 0.15) is 0 Å². The lowest BCUT2D eigenvalue weighted by atomic mass is 9.72. The maximum absolute atomic E-state index is 6.60. The van der Waals surface area contributed by atoms with Gasteiger partial charge in [-0.25, -0.2) is 4.98 Å². The number of thiophene rings is 1. The van der Waals surface area contributed by atoms with Crippen molar-refractivity contribution < 1.29 is 0 Å². The molecule has 1 saturated carbocycles. The van der Waals surface area contributed by atoms with Crippen LogP contribution in [0, 0.1) is 0 Å². The molecule has 3 aromatic carbocycles. The van der Waals surface area contributed by atoms with Crippen molar-refractivity contribution in [1.29, 1.82) is 0 Å². The molecule has 8 rings (SSSR count). The van der Waals surface area contributed by atoms with Crippen LogP contribution in [0.3, 0.4) is 0 Å². The molecule has 188 valence electrons. The van der Waals surface area contributed by atoms with Gasteiger partial charge in [0.05, 0.1) is 16.1 Å². The minimum Gasteiger partial charge on any atom is -0.321 e. The number of aromatic nitrogens is 4. The molecule has 0 unspecified atom stereocenters. The molecule has 5 nitrogen and oxygen atoms in total. The lowest BCUT2D eigenvalue weighted by molar-refractivity contribution is 0.253. The van der Waals surface area contributed by atoms with E-state index in [0.717, 1.165) is 62.5 Å². The van der Waals surface area contributed by atoms with Crippen LogP contribution in [0.15, 0.2) is 103 Å². The molecule has 2 N–H and O–H groups in total. The number of pyridine rings is 2. The predicted octanol–water partition coefficient (Wildman–Crippen LogP) is 7.83. The van der Waals surface area contributed by atoms with Crippen LogP contribution < -0.4 is 5.73 Å². The van der Waals surface area contributed by atoms with Gasteiger partial charge in [-0.15, -0.1) is 21.5 Å². The Morgan fingerprint density at radius 1 is 0.795 bits per heavy atom. The first-order chi connectivity index (χ1) is 19.2. The highest BCUT2D eigenvalue weighted by Gasteiger charge is 2.34. The molecule has 0 amide bonds. The Morgan fingerprint density at radius 2 is 1.59 bits per heavy atom. The molecule has 1 aliphatic rings. The Labute approximate surface area is 229 Å². The van der Waals surface area contributed by atoms with Crippen molar-refractivity contribution in [2.75, 3.05) is 0 Å². The number of nitrogens with zero attached hydrogens (tertiary/aromatic N) is 4. The molecule has 6 heteroatoms. The molecule has 1 aliphatic carbocycles. The third-order valence-corrected chi connectivity index (χ3v) is 9.19. The molecule has 0 spiro atoms. The third kappa shape index (κ3) is 3.60. The van der Waals surface area contributed by atoms with E-state index in [-0.39, 0.29) is 5.54 Å². The van der Waals surface area contributed by atoms with E-state index < -0.39 is 0 Å². The van der Waals surface area contributed by atoms with Gasteiger partial charge < -0.3 is 5.73 Å². The van der Waals surface area contributed by atoms with Gasteiger partial charge in [-0.1, -0.05) is 72.8 Å². The van der Waals surface area contributed by atoms with Gasteiger partial charge in [0.25, 0.3) is 0 Å². The maximum atomic E-state index is 6.60. The Morgan fingerprint density at radius 3 is 2.36 bits per heavy atom. The summed E-state index contributed by atoms with van der Waals surface area (Å²) in [5, 5.41) is 11.5. The average Bonchev–Trinajstić information content (AvgIpc) is 3.60. The summed E-state index contributed by atoms with van der Waals surface area (Å²) >= 11 is 1.74. The summed E-state index contributed by atoms with van der Waals surface area (Å²) < 4.78 is 3.32. The SMILES string of the molecule is NC1(c2ccc(-c3nc4ccn5c(-c6cc7ccccc7s6)nnc5c4cc3-c3ccccc3)cc2)CCC1. The van der Waals surface area contributed by atoms with Crippen LogP contribution >= 0.6 is 11.3 Å². The molecule has 0 aliphatic heterocycles. The van der Waals surface area contributed by atoms with E-state index in [0.29, 0.717) is 0 Å². The normalized spacial score (nSPS) is 14.7. The Balaban J connectivity index is 1.31. The molecule has 4 aromatic heterocycles. The second kappa shape index (κ2) is 8.56. The average molecular weight is 524 g/mol. The highest BCUT2D eigenvalue weighted by Crippen LogP contribution is 2.41. The van der Waals surface area contributed by atoms with Gasteiger partial charge in [-0.2, -0.15) is 0 Å². The summed E-state index contributed by atoms with van der Waals surface area (Å²) in [6.45, 7) is 0. The molecule has 4 heterocycles. The quantitative estimate of drug-likeness (QED) is 0.255. The number of fused-ring (bicyclic) bond motifs is 4. The van der Waals surface area contributed by atoms with Crippen LogP contribution in [0.1, 0.15) is 24.8 Å². The second-order valence-electron chi connectivity index (χ2n) is 10.5. The number of benzene rings is 3. The van der Waals surface area contributed by atoms with Crippen LogP contribution in [0.25, 0.3) is 59.7 Å². The highest BCUT2D eigenvalue weighted by atomic mass is 32.1. The monoisotopic (exact) mass is 523 g/mol. The fourth-order valence-electron chi connectivity index (χ4n) is 5.72. The summed E-state index contributed by atoms with van der Waals surface area (Å²) in [4.78, 5) is 6.30. The van der Waals surface area contributed by atoms with E-state index in [1.54, 1.807) is 11.3 Å². The molecular weight excluding hydrogens is 498 g/mol. The van der Waals surface area contributed by atoms with E-state index in [9.17, 15) is 0 Å². The van der Waals surface area contributed by atoms with E-state index in [1.807, 2.05) is 12.3 Å². The molecule has 0 saturated heterocycles. The van der Waals surface area contributed by atoms with Crippen LogP contribution in [0.4, 0.5) is 0 Å². The maximum Gasteiger partial charge on any atom is 0.178 e. The van der Waals surface area contributed by atoms with Crippen molar-refractivity contribution in [2.45, 2.75) is 24.8 Å². The minimum absolute atomic E-state index is 0.178. The number of hydrogen-bond donors (Lipinski definition) is 1. The Hall–Kier alpha value is -4.39. The molecule has 0 radical (unpaired) electrons. The summed E-state index contributed by atoms with van der Waals surface area (Å²) in [7, 11) is 0. The molecule has 0 atom stereocenters. The van der Waals surface area contributed by atoms with Crippen molar-refractivity contribution >= 4 is 38.0 Å². The first kappa shape index (κ1) is 22.6. The van der Waals surface area contributed by atoms with Crippen molar-refractivity contribution in [2.24, 2.45) is 5.73 Å².